The first-order valence-electron chi connectivity index (χ1n) is 13.6. The largest absolute Gasteiger partial charge is 0.384 e. The number of hydrogen-bond acceptors (Lipinski definition) is 1. The molecular formula is C38H28N2. The molecule has 0 atom stereocenters. The van der Waals surface area contributed by atoms with Gasteiger partial charge in [-0.2, -0.15) is 0 Å². The fourth-order valence-corrected chi connectivity index (χ4v) is 6.37. The molecule has 1 aliphatic rings. The second-order valence-electron chi connectivity index (χ2n) is 10.4. The second-order valence-corrected chi connectivity index (χ2v) is 10.4. The number of nitrogen functional groups attached to an aromatic ring is 1. The van der Waals surface area contributed by atoms with Gasteiger partial charge in [0.1, 0.15) is 5.84 Å². The Hall–Kier alpha value is -5.21. The molecule has 2 nitrogen and oxygen atoms in total. The second kappa shape index (κ2) is 9.52. The summed E-state index contributed by atoms with van der Waals surface area (Å²) >= 11 is 0. The first kappa shape index (κ1) is 23.9. The number of amidine groups is 1. The number of hydrogen-bond donors (Lipinski definition) is 2. The van der Waals surface area contributed by atoms with Gasteiger partial charge < -0.3 is 5.73 Å². The van der Waals surface area contributed by atoms with E-state index in [1.165, 1.54) is 38.9 Å². The predicted molar refractivity (Wildman–Crippen MR) is 166 cm³/mol. The van der Waals surface area contributed by atoms with Gasteiger partial charge in [0.05, 0.1) is 5.41 Å². The summed E-state index contributed by atoms with van der Waals surface area (Å²) in [6, 6.07) is 54.1. The number of fused-ring (bicyclic) bond motifs is 3. The van der Waals surface area contributed by atoms with Crippen molar-refractivity contribution in [2.75, 3.05) is 0 Å². The zero-order valence-corrected chi connectivity index (χ0v) is 22.0. The Morgan fingerprint density at radius 3 is 1.62 bits per heavy atom. The molecule has 0 aliphatic heterocycles. The summed E-state index contributed by atoms with van der Waals surface area (Å²) < 4.78 is 0. The third-order valence-corrected chi connectivity index (χ3v) is 8.16. The van der Waals surface area contributed by atoms with E-state index in [2.05, 4.69) is 133 Å². The first-order valence-corrected chi connectivity index (χ1v) is 13.6. The molecule has 6 aromatic rings. The molecule has 1 aliphatic carbocycles. The van der Waals surface area contributed by atoms with E-state index in [1.54, 1.807) is 0 Å². The Balaban J connectivity index is 1.46. The fourth-order valence-electron chi connectivity index (χ4n) is 6.37. The van der Waals surface area contributed by atoms with E-state index in [0.29, 0.717) is 0 Å². The van der Waals surface area contributed by atoms with Crippen LogP contribution in [-0.4, -0.2) is 5.84 Å². The minimum Gasteiger partial charge on any atom is -0.384 e. The van der Waals surface area contributed by atoms with Gasteiger partial charge in [0.15, 0.2) is 0 Å². The van der Waals surface area contributed by atoms with Gasteiger partial charge in [-0.3, -0.25) is 5.41 Å². The molecule has 6 aromatic carbocycles. The van der Waals surface area contributed by atoms with Crippen LogP contribution < -0.4 is 5.73 Å². The molecule has 7 rings (SSSR count). The zero-order chi connectivity index (χ0) is 27.1. The van der Waals surface area contributed by atoms with Crippen molar-refractivity contribution in [1.29, 1.82) is 5.41 Å². The van der Waals surface area contributed by atoms with Crippen molar-refractivity contribution in [3.05, 3.63) is 179 Å². The maximum atomic E-state index is 7.85. The van der Waals surface area contributed by atoms with Crippen LogP contribution >= 0.6 is 0 Å². The van der Waals surface area contributed by atoms with Crippen LogP contribution in [0.2, 0.25) is 0 Å². The predicted octanol–water partition coefficient (Wildman–Crippen LogP) is 8.67. The van der Waals surface area contributed by atoms with Crippen molar-refractivity contribution in [2.24, 2.45) is 5.73 Å². The Labute approximate surface area is 234 Å². The summed E-state index contributed by atoms with van der Waals surface area (Å²) in [6.45, 7) is 0. The van der Waals surface area contributed by atoms with Crippen LogP contribution in [0.3, 0.4) is 0 Å². The number of rotatable bonds is 5. The highest BCUT2D eigenvalue weighted by atomic mass is 14.7. The Morgan fingerprint density at radius 2 is 0.975 bits per heavy atom. The van der Waals surface area contributed by atoms with Crippen molar-refractivity contribution in [3.63, 3.8) is 0 Å². The van der Waals surface area contributed by atoms with Gasteiger partial charge in [-0.25, -0.2) is 0 Å². The SMILES string of the molecule is N=C(N)c1cccc(-c2cccc(-c3ccc4c(c3)C(c3ccccc3)(c3ccccc3)c3ccccc3-4)c2)c1. The van der Waals surface area contributed by atoms with E-state index in [9.17, 15) is 0 Å². The van der Waals surface area contributed by atoms with Crippen molar-refractivity contribution in [2.45, 2.75) is 5.41 Å². The lowest BCUT2D eigenvalue weighted by Gasteiger charge is -2.34. The summed E-state index contributed by atoms with van der Waals surface area (Å²) in [5, 5.41) is 7.85. The molecule has 0 spiro atoms. The molecule has 0 saturated carbocycles. The fraction of sp³-hybridized carbons (Fsp3) is 0.0263. The molecular weight excluding hydrogens is 484 g/mol. The highest BCUT2D eigenvalue weighted by Crippen LogP contribution is 2.56. The smallest absolute Gasteiger partial charge is 0.122 e. The van der Waals surface area contributed by atoms with Gasteiger partial charge in [-0.05, 0) is 73.8 Å². The van der Waals surface area contributed by atoms with E-state index >= 15 is 0 Å². The molecule has 0 aromatic heterocycles. The maximum Gasteiger partial charge on any atom is 0.122 e. The number of benzene rings is 6. The Kier molecular flexibility index (Phi) is 5.68. The summed E-state index contributed by atoms with van der Waals surface area (Å²) in [4.78, 5) is 0. The molecule has 190 valence electrons. The lowest BCUT2D eigenvalue weighted by molar-refractivity contribution is 0.769. The third kappa shape index (κ3) is 3.69. The van der Waals surface area contributed by atoms with Crippen LogP contribution in [0.4, 0.5) is 0 Å². The van der Waals surface area contributed by atoms with Gasteiger partial charge in [-0.1, -0.05) is 133 Å². The van der Waals surface area contributed by atoms with Gasteiger partial charge in [0.25, 0.3) is 0 Å². The van der Waals surface area contributed by atoms with Crippen molar-refractivity contribution in [1.82, 2.24) is 0 Å². The van der Waals surface area contributed by atoms with Crippen LogP contribution in [0.5, 0.6) is 0 Å². The van der Waals surface area contributed by atoms with Gasteiger partial charge >= 0.3 is 0 Å². The molecule has 0 amide bonds. The molecule has 0 bridgehead atoms. The quantitative estimate of drug-likeness (QED) is 0.176. The van der Waals surface area contributed by atoms with Crippen LogP contribution in [0.15, 0.2) is 152 Å². The van der Waals surface area contributed by atoms with Crippen LogP contribution in [0, 0.1) is 5.41 Å². The summed E-state index contributed by atoms with van der Waals surface area (Å²) in [5.41, 5.74) is 18.3. The van der Waals surface area contributed by atoms with Gasteiger partial charge in [0, 0.05) is 5.56 Å². The third-order valence-electron chi connectivity index (χ3n) is 8.16. The molecule has 0 saturated heterocycles. The highest BCUT2D eigenvalue weighted by Gasteiger charge is 2.45. The summed E-state index contributed by atoms with van der Waals surface area (Å²) in [7, 11) is 0. The van der Waals surface area contributed by atoms with E-state index in [0.717, 1.165) is 22.3 Å². The summed E-state index contributed by atoms with van der Waals surface area (Å²) in [6.07, 6.45) is 0. The minimum atomic E-state index is -0.419. The van der Waals surface area contributed by atoms with E-state index in [1.807, 2.05) is 18.2 Å². The Morgan fingerprint density at radius 1 is 0.450 bits per heavy atom. The Bertz CT molecular complexity index is 1830. The first-order chi connectivity index (χ1) is 19.7. The van der Waals surface area contributed by atoms with Gasteiger partial charge in [-0.15, -0.1) is 0 Å². The topological polar surface area (TPSA) is 49.9 Å². The molecule has 40 heavy (non-hydrogen) atoms. The average molecular weight is 513 g/mol. The molecule has 0 radical (unpaired) electrons. The van der Waals surface area contributed by atoms with E-state index in [4.69, 9.17) is 11.1 Å². The summed E-state index contributed by atoms with van der Waals surface area (Å²) in [5.74, 6) is 0.0781. The number of nitrogens with one attached hydrogen (secondary N) is 1. The monoisotopic (exact) mass is 512 g/mol. The van der Waals surface area contributed by atoms with Crippen LogP contribution in [0.25, 0.3) is 33.4 Å². The van der Waals surface area contributed by atoms with Gasteiger partial charge in [0.2, 0.25) is 0 Å². The standard InChI is InChI=1S/C38H28N2/c39-37(40)30-14-10-13-28(24-30)26-11-9-12-27(23-26)29-21-22-34-33-19-7-8-20-35(33)38(36(34)25-29,31-15-3-1-4-16-31)32-17-5-2-6-18-32/h1-25H,(H3,39,40). The van der Waals surface area contributed by atoms with Crippen molar-refractivity contribution < 1.29 is 0 Å². The lowest BCUT2D eigenvalue weighted by atomic mass is 9.67. The number of nitrogens with two attached hydrogens (primary N) is 1. The van der Waals surface area contributed by atoms with E-state index in [-0.39, 0.29) is 5.84 Å². The molecule has 0 fully saturated rings. The average Bonchev–Trinajstić information content (AvgIpc) is 3.32. The normalized spacial score (nSPS) is 12.9. The van der Waals surface area contributed by atoms with Crippen molar-refractivity contribution >= 4 is 5.84 Å². The van der Waals surface area contributed by atoms with Crippen LogP contribution in [0.1, 0.15) is 27.8 Å². The zero-order valence-electron chi connectivity index (χ0n) is 22.0. The molecule has 3 N–H and O–H groups in total. The molecule has 2 heteroatoms. The molecule has 0 unspecified atom stereocenters. The lowest BCUT2D eigenvalue weighted by Crippen LogP contribution is -2.28. The maximum absolute atomic E-state index is 7.85. The highest BCUT2D eigenvalue weighted by molar-refractivity contribution is 5.96. The minimum absolute atomic E-state index is 0.0781. The van der Waals surface area contributed by atoms with Crippen molar-refractivity contribution in [3.8, 4) is 33.4 Å². The van der Waals surface area contributed by atoms with Crippen LogP contribution in [-0.2, 0) is 5.41 Å². The molecule has 0 heterocycles. The van der Waals surface area contributed by atoms with E-state index < -0.39 is 5.41 Å².